The summed E-state index contributed by atoms with van der Waals surface area (Å²) in [6.07, 6.45) is 1.88. The zero-order valence-corrected chi connectivity index (χ0v) is 12.1. The van der Waals surface area contributed by atoms with Crippen molar-refractivity contribution in [2.75, 3.05) is 20.3 Å². The van der Waals surface area contributed by atoms with E-state index >= 15 is 0 Å². The van der Waals surface area contributed by atoms with Crippen LogP contribution in [0.2, 0.25) is 0 Å². The molecule has 0 aromatic heterocycles. The maximum absolute atomic E-state index is 13.4. The Kier molecular flexibility index (Phi) is 7.65. The largest absolute Gasteiger partial charge is 0.493 e. The van der Waals surface area contributed by atoms with E-state index < -0.39 is 0 Å². The Morgan fingerprint density at radius 3 is 2.85 bits per heavy atom. The lowest BCUT2D eigenvalue weighted by Crippen LogP contribution is -2.14. The van der Waals surface area contributed by atoms with Crippen molar-refractivity contribution >= 4 is 5.97 Å². The van der Waals surface area contributed by atoms with Gasteiger partial charge in [0, 0.05) is 19.0 Å². The van der Waals surface area contributed by atoms with Crippen LogP contribution in [0.5, 0.6) is 5.75 Å². The summed E-state index contributed by atoms with van der Waals surface area (Å²) in [7, 11) is 1.35. The van der Waals surface area contributed by atoms with Crippen LogP contribution in [-0.2, 0) is 16.1 Å². The number of esters is 1. The number of nitrogens with one attached hydrogen (secondary N) is 1. The lowest BCUT2D eigenvalue weighted by atomic mass is 10.2. The standard InChI is InChI=1S/C15H22FNO3/c1-3-6-17-11-12-8-13(16)10-14(9-12)20-7-4-5-15(18)19-2/h8-10,17H,3-7,11H2,1-2H3. The number of halogens is 1. The number of methoxy groups -OCH3 is 1. The van der Waals surface area contributed by atoms with Gasteiger partial charge in [0.25, 0.3) is 0 Å². The van der Waals surface area contributed by atoms with Crippen LogP contribution in [0.15, 0.2) is 18.2 Å². The lowest BCUT2D eigenvalue weighted by molar-refractivity contribution is -0.140. The summed E-state index contributed by atoms with van der Waals surface area (Å²) < 4.78 is 23.4. The van der Waals surface area contributed by atoms with Crippen LogP contribution < -0.4 is 10.1 Å². The van der Waals surface area contributed by atoms with Gasteiger partial charge in [0.1, 0.15) is 11.6 Å². The fourth-order valence-corrected chi connectivity index (χ4v) is 1.72. The van der Waals surface area contributed by atoms with Gasteiger partial charge < -0.3 is 14.8 Å². The molecule has 0 aliphatic carbocycles. The van der Waals surface area contributed by atoms with Crippen LogP contribution in [0.3, 0.4) is 0 Å². The molecule has 5 heteroatoms. The van der Waals surface area contributed by atoms with Crippen molar-refractivity contribution in [2.24, 2.45) is 0 Å². The molecule has 112 valence electrons. The van der Waals surface area contributed by atoms with Crippen molar-refractivity contribution in [3.8, 4) is 5.75 Å². The molecule has 0 aliphatic heterocycles. The van der Waals surface area contributed by atoms with E-state index in [-0.39, 0.29) is 11.8 Å². The second-order valence-electron chi connectivity index (χ2n) is 4.50. The molecule has 0 fully saturated rings. The molecule has 0 radical (unpaired) electrons. The van der Waals surface area contributed by atoms with Gasteiger partial charge >= 0.3 is 5.97 Å². The van der Waals surface area contributed by atoms with E-state index in [0.29, 0.717) is 31.7 Å². The maximum Gasteiger partial charge on any atom is 0.305 e. The van der Waals surface area contributed by atoms with Crippen molar-refractivity contribution in [1.82, 2.24) is 5.32 Å². The summed E-state index contributed by atoms with van der Waals surface area (Å²) in [6, 6.07) is 4.65. The van der Waals surface area contributed by atoms with E-state index in [0.717, 1.165) is 18.5 Å². The second kappa shape index (κ2) is 9.31. The molecule has 0 amide bonds. The van der Waals surface area contributed by atoms with Gasteiger partial charge in [-0.2, -0.15) is 0 Å². The van der Waals surface area contributed by atoms with E-state index in [9.17, 15) is 9.18 Å². The highest BCUT2D eigenvalue weighted by atomic mass is 19.1. The third-order valence-corrected chi connectivity index (χ3v) is 2.71. The molecule has 20 heavy (non-hydrogen) atoms. The number of benzene rings is 1. The summed E-state index contributed by atoms with van der Waals surface area (Å²) in [5, 5.41) is 3.21. The minimum absolute atomic E-state index is 0.266. The Hall–Kier alpha value is -1.62. The molecule has 0 bridgehead atoms. The minimum atomic E-state index is -0.316. The molecule has 0 saturated carbocycles. The number of carbonyl (C=O) groups excluding carboxylic acids is 1. The van der Waals surface area contributed by atoms with Crippen LogP contribution in [0.4, 0.5) is 4.39 Å². The molecule has 1 N–H and O–H groups in total. The van der Waals surface area contributed by atoms with Crippen LogP contribution in [0.25, 0.3) is 0 Å². The average molecular weight is 283 g/mol. The zero-order valence-electron chi connectivity index (χ0n) is 12.1. The molecule has 1 rings (SSSR count). The number of carbonyl (C=O) groups is 1. The average Bonchev–Trinajstić information content (AvgIpc) is 2.43. The first-order valence-corrected chi connectivity index (χ1v) is 6.85. The highest BCUT2D eigenvalue weighted by Crippen LogP contribution is 2.17. The van der Waals surface area contributed by atoms with Gasteiger partial charge in [0.05, 0.1) is 13.7 Å². The van der Waals surface area contributed by atoms with Gasteiger partial charge in [-0.1, -0.05) is 6.92 Å². The minimum Gasteiger partial charge on any atom is -0.493 e. The molecule has 4 nitrogen and oxygen atoms in total. The van der Waals surface area contributed by atoms with Crippen molar-refractivity contribution in [1.29, 1.82) is 0 Å². The number of hydrogen-bond acceptors (Lipinski definition) is 4. The summed E-state index contributed by atoms with van der Waals surface area (Å²) in [6.45, 7) is 3.95. The van der Waals surface area contributed by atoms with Gasteiger partial charge in [-0.25, -0.2) is 4.39 Å². The molecule has 0 unspecified atom stereocenters. The molecule has 0 heterocycles. The van der Waals surface area contributed by atoms with E-state index in [4.69, 9.17) is 4.74 Å². The summed E-state index contributed by atoms with van der Waals surface area (Å²) >= 11 is 0. The first-order chi connectivity index (χ1) is 9.65. The molecular weight excluding hydrogens is 261 g/mol. The molecule has 0 atom stereocenters. The maximum atomic E-state index is 13.4. The SMILES string of the molecule is CCCNCc1cc(F)cc(OCCCC(=O)OC)c1. The van der Waals surface area contributed by atoms with E-state index in [1.165, 1.54) is 19.2 Å². The normalized spacial score (nSPS) is 10.3. The van der Waals surface area contributed by atoms with E-state index in [1.54, 1.807) is 0 Å². The van der Waals surface area contributed by atoms with Gasteiger partial charge in [0.15, 0.2) is 0 Å². The van der Waals surface area contributed by atoms with Crippen LogP contribution in [0, 0.1) is 5.82 Å². The smallest absolute Gasteiger partial charge is 0.305 e. The Morgan fingerprint density at radius 2 is 2.15 bits per heavy atom. The van der Waals surface area contributed by atoms with Crippen molar-refractivity contribution in [3.63, 3.8) is 0 Å². The monoisotopic (exact) mass is 283 g/mol. The topological polar surface area (TPSA) is 47.6 Å². The fourth-order valence-electron chi connectivity index (χ4n) is 1.72. The Bertz CT molecular complexity index is 424. The van der Waals surface area contributed by atoms with Gasteiger partial charge in [0.2, 0.25) is 0 Å². The predicted octanol–water partition coefficient (Wildman–Crippen LogP) is 2.66. The second-order valence-corrected chi connectivity index (χ2v) is 4.50. The van der Waals surface area contributed by atoms with Gasteiger partial charge in [-0.05, 0) is 37.1 Å². The van der Waals surface area contributed by atoms with Crippen LogP contribution >= 0.6 is 0 Å². The first-order valence-electron chi connectivity index (χ1n) is 6.85. The Balaban J connectivity index is 2.42. The zero-order chi connectivity index (χ0) is 14.8. The first kappa shape index (κ1) is 16.4. The molecule has 0 spiro atoms. The van der Waals surface area contributed by atoms with Crippen molar-refractivity contribution < 1.29 is 18.7 Å². The molecule has 1 aromatic carbocycles. The molecular formula is C15H22FNO3. The summed E-state index contributed by atoms with van der Waals surface area (Å²) in [5.41, 5.74) is 0.849. The fraction of sp³-hybridized carbons (Fsp3) is 0.533. The van der Waals surface area contributed by atoms with Crippen LogP contribution in [0.1, 0.15) is 31.7 Å². The number of hydrogen-bond donors (Lipinski definition) is 1. The van der Waals surface area contributed by atoms with E-state index in [2.05, 4.69) is 17.0 Å². The van der Waals surface area contributed by atoms with Crippen molar-refractivity contribution in [2.45, 2.75) is 32.7 Å². The summed E-state index contributed by atoms with van der Waals surface area (Å²) in [4.78, 5) is 10.9. The number of ether oxygens (including phenoxy) is 2. The van der Waals surface area contributed by atoms with Gasteiger partial charge in [-0.3, -0.25) is 4.79 Å². The summed E-state index contributed by atoms with van der Waals surface area (Å²) in [5.74, 6) is -0.0933. The Morgan fingerprint density at radius 1 is 1.35 bits per heavy atom. The quantitative estimate of drug-likeness (QED) is 0.559. The highest BCUT2D eigenvalue weighted by molar-refractivity contribution is 5.69. The third kappa shape index (κ3) is 6.52. The Labute approximate surface area is 119 Å². The predicted molar refractivity (Wildman–Crippen MR) is 75.1 cm³/mol. The lowest BCUT2D eigenvalue weighted by Gasteiger charge is -2.09. The molecule has 0 aliphatic rings. The van der Waals surface area contributed by atoms with E-state index in [1.807, 2.05) is 6.07 Å². The highest BCUT2D eigenvalue weighted by Gasteiger charge is 2.04. The van der Waals surface area contributed by atoms with Crippen LogP contribution in [-0.4, -0.2) is 26.2 Å². The van der Waals surface area contributed by atoms with Crippen molar-refractivity contribution in [3.05, 3.63) is 29.6 Å². The number of rotatable bonds is 9. The molecule has 0 saturated heterocycles. The third-order valence-electron chi connectivity index (χ3n) is 2.71. The molecule has 1 aromatic rings. The van der Waals surface area contributed by atoms with Gasteiger partial charge in [-0.15, -0.1) is 0 Å².